The van der Waals surface area contributed by atoms with Gasteiger partial charge in [0, 0.05) is 57.7 Å². The van der Waals surface area contributed by atoms with Crippen molar-refractivity contribution < 1.29 is 4.79 Å². The number of guanidine groups is 1. The molecule has 0 spiro atoms. The van der Waals surface area contributed by atoms with Crippen molar-refractivity contribution in [1.82, 2.24) is 15.2 Å². The average Bonchev–Trinajstić information content (AvgIpc) is 3.19. The molecule has 2 heterocycles. The Morgan fingerprint density at radius 3 is 2.58 bits per heavy atom. The highest BCUT2D eigenvalue weighted by atomic mass is 16.2. The molecule has 2 N–H and O–H groups in total. The Bertz CT molecular complexity index is 721. The van der Waals surface area contributed by atoms with Gasteiger partial charge in [-0.15, -0.1) is 0 Å². The maximum atomic E-state index is 12.0. The van der Waals surface area contributed by atoms with E-state index >= 15 is 0 Å². The first-order chi connectivity index (χ1) is 12.8. The number of rotatable bonds is 6. The molecule has 0 unspecified atom stereocenters. The lowest BCUT2D eigenvalue weighted by atomic mass is 10.1. The molecule has 1 aromatic heterocycles. The molecule has 0 atom stereocenters. The molecule has 1 saturated heterocycles. The van der Waals surface area contributed by atoms with Gasteiger partial charge in [0.1, 0.15) is 0 Å². The number of carbonyl (C=O) groups excluding carboxylic acids is 1. The number of aromatic nitrogens is 1. The molecule has 138 valence electrons. The van der Waals surface area contributed by atoms with Crippen LogP contribution in [0.2, 0.25) is 0 Å². The van der Waals surface area contributed by atoms with E-state index in [1.165, 1.54) is 0 Å². The zero-order valence-electron chi connectivity index (χ0n) is 15.3. The van der Waals surface area contributed by atoms with Crippen molar-refractivity contribution in [3.8, 4) is 0 Å². The van der Waals surface area contributed by atoms with E-state index in [1.807, 2.05) is 41.6 Å². The predicted octanol–water partition coefficient (Wildman–Crippen LogP) is 2.37. The zero-order valence-corrected chi connectivity index (χ0v) is 15.3. The first kappa shape index (κ1) is 18.0. The fourth-order valence-electron chi connectivity index (χ4n) is 3.10. The molecular formula is C20H27N5O. The first-order valence-electron chi connectivity index (χ1n) is 9.21. The van der Waals surface area contributed by atoms with Gasteiger partial charge in [0.2, 0.25) is 5.91 Å². The summed E-state index contributed by atoms with van der Waals surface area (Å²) in [6, 6.07) is 12.2. The maximum Gasteiger partial charge on any atom is 0.226 e. The molecule has 6 heteroatoms. The van der Waals surface area contributed by atoms with E-state index in [2.05, 4.69) is 32.3 Å². The van der Waals surface area contributed by atoms with Gasteiger partial charge in [0.15, 0.2) is 5.96 Å². The van der Waals surface area contributed by atoms with E-state index in [0.717, 1.165) is 49.7 Å². The van der Waals surface area contributed by atoms with Crippen molar-refractivity contribution in [2.75, 3.05) is 25.0 Å². The third-order valence-corrected chi connectivity index (χ3v) is 4.58. The summed E-state index contributed by atoms with van der Waals surface area (Å²) in [5.74, 6) is 1.02. The number of piperidine rings is 1. The summed E-state index contributed by atoms with van der Waals surface area (Å²) in [7, 11) is 1.77. The van der Waals surface area contributed by atoms with E-state index in [0.29, 0.717) is 13.0 Å². The van der Waals surface area contributed by atoms with E-state index < -0.39 is 0 Å². The van der Waals surface area contributed by atoms with Crippen LogP contribution in [0.4, 0.5) is 5.69 Å². The topological polar surface area (TPSA) is 61.7 Å². The number of nitrogens with one attached hydrogen (secondary N) is 2. The molecule has 1 aliphatic rings. The Hall–Kier alpha value is -2.76. The van der Waals surface area contributed by atoms with Crippen molar-refractivity contribution in [3.05, 3.63) is 54.4 Å². The Labute approximate surface area is 154 Å². The van der Waals surface area contributed by atoms with E-state index in [-0.39, 0.29) is 5.91 Å². The fraction of sp³-hybridized carbons (Fsp3) is 0.400. The lowest BCUT2D eigenvalue weighted by Gasteiger charge is -2.26. The van der Waals surface area contributed by atoms with Gasteiger partial charge >= 0.3 is 0 Å². The van der Waals surface area contributed by atoms with E-state index in [4.69, 9.17) is 0 Å². The molecule has 0 aliphatic carbocycles. The molecule has 0 bridgehead atoms. The second kappa shape index (κ2) is 9.08. The van der Waals surface area contributed by atoms with Crippen LogP contribution < -0.4 is 15.5 Å². The number of nitrogens with zero attached hydrogens (tertiary/aromatic N) is 3. The van der Waals surface area contributed by atoms with Crippen molar-refractivity contribution in [2.45, 2.75) is 32.4 Å². The normalized spacial score (nSPS) is 15.2. The van der Waals surface area contributed by atoms with Crippen LogP contribution in [-0.2, 0) is 17.9 Å². The molecular weight excluding hydrogens is 326 g/mol. The van der Waals surface area contributed by atoms with Gasteiger partial charge in [-0.3, -0.25) is 9.79 Å². The average molecular weight is 353 g/mol. The number of carbonyl (C=O) groups is 1. The minimum atomic E-state index is 0.231. The quantitative estimate of drug-likeness (QED) is 0.619. The summed E-state index contributed by atoms with van der Waals surface area (Å²) in [6.45, 7) is 3.22. The number of amides is 1. The van der Waals surface area contributed by atoms with Crippen molar-refractivity contribution >= 4 is 17.6 Å². The fourth-order valence-corrected chi connectivity index (χ4v) is 3.10. The predicted molar refractivity (Wildman–Crippen MR) is 105 cm³/mol. The summed E-state index contributed by atoms with van der Waals surface area (Å²) in [4.78, 5) is 18.2. The van der Waals surface area contributed by atoms with Crippen molar-refractivity contribution in [1.29, 1.82) is 0 Å². The summed E-state index contributed by atoms with van der Waals surface area (Å²) in [6.07, 6.45) is 6.85. The molecule has 3 rings (SSSR count). The smallest absolute Gasteiger partial charge is 0.226 e. The van der Waals surface area contributed by atoms with Crippen LogP contribution >= 0.6 is 0 Å². The lowest BCUT2D eigenvalue weighted by molar-refractivity contribution is -0.119. The maximum absolute atomic E-state index is 12.0. The van der Waals surface area contributed by atoms with Crippen LogP contribution in [0.25, 0.3) is 0 Å². The van der Waals surface area contributed by atoms with Crippen LogP contribution in [0.1, 0.15) is 24.8 Å². The number of benzene rings is 1. The first-order valence-corrected chi connectivity index (χ1v) is 9.21. The molecule has 1 aromatic carbocycles. The molecule has 1 fully saturated rings. The monoisotopic (exact) mass is 353 g/mol. The third kappa shape index (κ3) is 4.88. The molecule has 0 radical (unpaired) electrons. The lowest BCUT2D eigenvalue weighted by Crippen LogP contribution is -2.38. The number of aliphatic imine (C=N–C) groups is 1. The molecule has 26 heavy (non-hydrogen) atoms. The Morgan fingerprint density at radius 1 is 1.12 bits per heavy atom. The Balaban J connectivity index is 1.46. The van der Waals surface area contributed by atoms with Gasteiger partial charge in [0.05, 0.1) is 0 Å². The Kier molecular flexibility index (Phi) is 6.30. The summed E-state index contributed by atoms with van der Waals surface area (Å²) >= 11 is 0. The van der Waals surface area contributed by atoms with E-state index in [9.17, 15) is 4.79 Å². The van der Waals surface area contributed by atoms with Gasteiger partial charge < -0.3 is 20.1 Å². The minimum Gasteiger partial charge on any atom is -0.355 e. The van der Waals surface area contributed by atoms with E-state index in [1.54, 1.807) is 7.05 Å². The van der Waals surface area contributed by atoms with Crippen molar-refractivity contribution in [2.24, 2.45) is 4.99 Å². The summed E-state index contributed by atoms with van der Waals surface area (Å²) < 4.78 is 2.13. The summed E-state index contributed by atoms with van der Waals surface area (Å²) in [5.41, 5.74) is 2.15. The third-order valence-electron chi connectivity index (χ3n) is 4.58. The highest BCUT2D eigenvalue weighted by Gasteiger charge is 2.19. The van der Waals surface area contributed by atoms with Gasteiger partial charge in [-0.1, -0.05) is 12.1 Å². The number of hydrogen-bond acceptors (Lipinski definition) is 2. The number of hydrogen-bond donors (Lipinski definition) is 2. The number of anilines is 1. The van der Waals surface area contributed by atoms with Gasteiger partial charge in [-0.2, -0.15) is 0 Å². The van der Waals surface area contributed by atoms with Gasteiger partial charge in [-0.25, -0.2) is 0 Å². The highest BCUT2D eigenvalue weighted by Crippen LogP contribution is 2.21. The summed E-state index contributed by atoms with van der Waals surface area (Å²) in [5, 5.41) is 6.63. The molecule has 1 amide bonds. The van der Waals surface area contributed by atoms with Crippen LogP contribution in [-0.4, -0.2) is 36.6 Å². The molecule has 0 saturated carbocycles. The van der Waals surface area contributed by atoms with Gasteiger partial charge in [-0.05, 0) is 42.7 Å². The van der Waals surface area contributed by atoms with Crippen LogP contribution in [0.5, 0.6) is 0 Å². The van der Waals surface area contributed by atoms with Crippen LogP contribution in [0, 0.1) is 0 Å². The molecule has 2 aromatic rings. The van der Waals surface area contributed by atoms with Crippen LogP contribution in [0.3, 0.4) is 0 Å². The highest BCUT2D eigenvalue weighted by molar-refractivity contribution is 5.93. The largest absolute Gasteiger partial charge is 0.355 e. The molecule has 1 aliphatic heterocycles. The van der Waals surface area contributed by atoms with Gasteiger partial charge in [0.25, 0.3) is 0 Å². The Morgan fingerprint density at radius 2 is 1.88 bits per heavy atom. The SMILES string of the molecule is CN=C(NCCn1cccc1)NCc1ccc(N2CCCCC2=O)cc1. The minimum absolute atomic E-state index is 0.231. The standard InChI is InChI=1S/C20H27N5O/c1-21-20(22-11-15-24-12-4-5-13-24)23-16-17-7-9-18(10-8-17)25-14-3-2-6-19(25)26/h4-5,7-10,12-13H,2-3,6,11,14-16H2,1H3,(H2,21,22,23). The van der Waals surface area contributed by atoms with Crippen molar-refractivity contribution in [3.63, 3.8) is 0 Å². The van der Waals surface area contributed by atoms with Crippen LogP contribution in [0.15, 0.2) is 53.8 Å². The molecule has 6 nitrogen and oxygen atoms in total. The second-order valence-electron chi connectivity index (χ2n) is 6.44. The zero-order chi connectivity index (χ0) is 18.2. The second-order valence-corrected chi connectivity index (χ2v) is 6.44.